The number of rotatable bonds is 0. The molecule has 0 aliphatic carbocycles. The lowest BCUT2D eigenvalue weighted by Gasteiger charge is -2.38. The molecule has 0 atom stereocenters. The molecule has 2 heterocycles. The Labute approximate surface area is 141 Å². The van der Waals surface area contributed by atoms with Gasteiger partial charge >= 0.3 is 6.09 Å². The van der Waals surface area contributed by atoms with Gasteiger partial charge in [0.05, 0.1) is 17.0 Å². The van der Waals surface area contributed by atoms with Crippen LogP contribution in [0.5, 0.6) is 0 Å². The Bertz CT molecular complexity index is 735. The van der Waals surface area contributed by atoms with Crippen molar-refractivity contribution in [2.75, 3.05) is 18.4 Å². The Morgan fingerprint density at radius 1 is 1.33 bits per heavy atom. The fraction of sp³-hybridized carbons (Fsp3) is 0.500. The Balaban J connectivity index is 1.80. The Kier molecular flexibility index (Phi) is 3.75. The number of likely N-dealkylation sites (tertiary alicyclic amines) is 1. The summed E-state index contributed by atoms with van der Waals surface area (Å²) in [5.41, 5.74) is 0.991. The van der Waals surface area contributed by atoms with E-state index < -0.39 is 11.0 Å². The van der Waals surface area contributed by atoms with Crippen molar-refractivity contribution in [1.82, 2.24) is 4.90 Å². The molecule has 0 aromatic heterocycles. The zero-order valence-corrected chi connectivity index (χ0v) is 14.2. The number of ether oxygens (including phenoxy) is 1. The van der Waals surface area contributed by atoms with Crippen molar-refractivity contribution in [3.05, 3.63) is 29.3 Å². The van der Waals surface area contributed by atoms with Gasteiger partial charge < -0.3 is 15.0 Å². The first kappa shape index (κ1) is 16.3. The molecule has 0 radical (unpaired) electrons. The molecular formula is C18H21N3O3. The van der Waals surface area contributed by atoms with E-state index in [0.29, 0.717) is 31.5 Å². The third-order valence-electron chi connectivity index (χ3n) is 4.62. The zero-order chi connectivity index (χ0) is 17.5. The molecule has 2 amide bonds. The van der Waals surface area contributed by atoms with Gasteiger partial charge in [0.1, 0.15) is 5.60 Å². The standard InChI is InChI=1S/C18H21N3O3/c1-17(2,3)24-16(23)21-8-6-18(7-9-21)13-10-12(11-19)4-5-14(13)20-15(18)22/h4-5,10H,6-9H2,1-3H3,(H,20,22). The van der Waals surface area contributed by atoms with Crippen molar-refractivity contribution < 1.29 is 14.3 Å². The summed E-state index contributed by atoms with van der Waals surface area (Å²) < 4.78 is 5.40. The van der Waals surface area contributed by atoms with Crippen molar-refractivity contribution in [3.8, 4) is 6.07 Å². The molecule has 1 N–H and O–H groups in total. The maximum Gasteiger partial charge on any atom is 0.410 e. The topological polar surface area (TPSA) is 82.4 Å². The Morgan fingerprint density at radius 3 is 2.58 bits per heavy atom. The monoisotopic (exact) mass is 327 g/mol. The van der Waals surface area contributed by atoms with E-state index in [0.717, 1.165) is 11.3 Å². The van der Waals surface area contributed by atoms with Crippen LogP contribution in [0.2, 0.25) is 0 Å². The highest BCUT2D eigenvalue weighted by atomic mass is 16.6. The van der Waals surface area contributed by atoms with Gasteiger partial charge in [-0.3, -0.25) is 4.79 Å². The number of amides is 2. The van der Waals surface area contributed by atoms with Crippen molar-refractivity contribution in [1.29, 1.82) is 5.26 Å². The highest BCUT2D eigenvalue weighted by Crippen LogP contribution is 2.45. The molecule has 0 bridgehead atoms. The number of benzene rings is 1. The molecule has 6 heteroatoms. The van der Waals surface area contributed by atoms with E-state index >= 15 is 0 Å². The van der Waals surface area contributed by atoms with Crippen molar-refractivity contribution in [2.24, 2.45) is 0 Å². The minimum Gasteiger partial charge on any atom is -0.444 e. The number of carbonyl (C=O) groups is 2. The van der Waals surface area contributed by atoms with Gasteiger partial charge in [0, 0.05) is 18.8 Å². The minimum atomic E-state index is -0.652. The van der Waals surface area contributed by atoms with Crippen LogP contribution in [0.4, 0.5) is 10.5 Å². The largest absolute Gasteiger partial charge is 0.444 e. The van der Waals surface area contributed by atoms with E-state index in [-0.39, 0.29) is 12.0 Å². The first-order valence-electron chi connectivity index (χ1n) is 8.09. The van der Waals surface area contributed by atoms with Crippen LogP contribution in [0.3, 0.4) is 0 Å². The number of piperidine rings is 1. The average molecular weight is 327 g/mol. The maximum atomic E-state index is 12.6. The number of anilines is 1. The molecule has 0 unspecified atom stereocenters. The number of nitrogens with one attached hydrogen (secondary N) is 1. The lowest BCUT2D eigenvalue weighted by molar-refractivity contribution is -0.122. The SMILES string of the molecule is CC(C)(C)OC(=O)N1CCC2(CC1)C(=O)Nc1ccc(C#N)cc12. The predicted molar refractivity (Wildman–Crippen MR) is 88.5 cm³/mol. The van der Waals surface area contributed by atoms with Gasteiger partial charge in [0.25, 0.3) is 0 Å². The summed E-state index contributed by atoms with van der Waals surface area (Å²) in [5.74, 6) is -0.0450. The minimum absolute atomic E-state index is 0.0450. The predicted octanol–water partition coefficient (Wildman–Crippen LogP) is 2.78. The Morgan fingerprint density at radius 2 is 2.00 bits per heavy atom. The van der Waals surface area contributed by atoms with E-state index in [1.165, 1.54) is 0 Å². The fourth-order valence-corrected chi connectivity index (χ4v) is 3.38. The molecule has 1 spiro atoms. The molecule has 24 heavy (non-hydrogen) atoms. The molecule has 0 saturated carbocycles. The molecule has 1 saturated heterocycles. The first-order chi connectivity index (χ1) is 11.2. The average Bonchev–Trinajstić information content (AvgIpc) is 2.78. The second kappa shape index (κ2) is 5.52. The molecule has 3 rings (SSSR count). The number of nitrogens with zero attached hydrogens (tertiary/aromatic N) is 2. The van der Waals surface area contributed by atoms with Gasteiger partial charge in [-0.15, -0.1) is 0 Å². The normalized spacial score (nSPS) is 18.8. The summed E-state index contributed by atoms with van der Waals surface area (Å²) in [6.45, 7) is 6.42. The van der Waals surface area contributed by atoms with Gasteiger partial charge in [-0.25, -0.2) is 4.79 Å². The van der Waals surface area contributed by atoms with Gasteiger partial charge in [0.15, 0.2) is 0 Å². The third kappa shape index (κ3) is 2.71. The van der Waals surface area contributed by atoms with Crippen molar-refractivity contribution in [2.45, 2.75) is 44.6 Å². The second-order valence-corrected chi connectivity index (χ2v) is 7.38. The molecule has 2 aliphatic heterocycles. The van der Waals surface area contributed by atoms with Crippen molar-refractivity contribution in [3.63, 3.8) is 0 Å². The van der Waals surface area contributed by atoms with Gasteiger partial charge in [-0.2, -0.15) is 5.26 Å². The summed E-state index contributed by atoms with van der Waals surface area (Å²) in [5, 5.41) is 12.0. The number of carbonyl (C=O) groups excluding carboxylic acids is 2. The smallest absolute Gasteiger partial charge is 0.410 e. The van der Waals surface area contributed by atoms with Crippen LogP contribution < -0.4 is 5.32 Å². The molecule has 1 aromatic carbocycles. The molecular weight excluding hydrogens is 306 g/mol. The van der Waals surface area contributed by atoms with Crippen LogP contribution >= 0.6 is 0 Å². The zero-order valence-electron chi connectivity index (χ0n) is 14.2. The third-order valence-corrected chi connectivity index (χ3v) is 4.62. The second-order valence-electron chi connectivity index (χ2n) is 7.38. The first-order valence-corrected chi connectivity index (χ1v) is 8.09. The van der Waals surface area contributed by atoms with E-state index in [4.69, 9.17) is 10.00 Å². The van der Waals surface area contributed by atoms with Gasteiger partial charge in [-0.1, -0.05) is 0 Å². The summed E-state index contributed by atoms with van der Waals surface area (Å²) >= 11 is 0. The lowest BCUT2D eigenvalue weighted by atomic mass is 9.73. The highest BCUT2D eigenvalue weighted by molar-refractivity contribution is 6.06. The summed E-state index contributed by atoms with van der Waals surface area (Å²) in [4.78, 5) is 26.4. The number of fused-ring (bicyclic) bond motifs is 2. The Hall–Kier alpha value is -2.55. The van der Waals surface area contributed by atoms with Crippen molar-refractivity contribution >= 4 is 17.7 Å². The number of nitriles is 1. The van der Waals surface area contributed by atoms with Crippen LogP contribution in [-0.2, 0) is 14.9 Å². The summed E-state index contributed by atoms with van der Waals surface area (Å²) in [7, 11) is 0. The van der Waals surface area contributed by atoms with E-state index in [9.17, 15) is 9.59 Å². The number of hydrogen-bond acceptors (Lipinski definition) is 4. The van der Waals surface area contributed by atoms with E-state index in [2.05, 4.69) is 11.4 Å². The molecule has 1 aromatic rings. The van der Waals surface area contributed by atoms with Crippen LogP contribution in [-0.4, -0.2) is 35.6 Å². The quantitative estimate of drug-likeness (QED) is 0.794. The van der Waals surface area contributed by atoms with Crippen LogP contribution in [0.15, 0.2) is 18.2 Å². The number of hydrogen-bond donors (Lipinski definition) is 1. The molecule has 1 fully saturated rings. The van der Waals surface area contributed by atoms with Crippen LogP contribution in [0.1, 0.15) is 44.7 Å². The van der Waals surface area contributed by atoms with E-state index in [1.807, 2.05) is 20.8 Å². The van der Waals surface area contributed by atoms with Crippen LogP contribution in [0, 0.1) is 11.3 Å². The fourth-order valence-electron chi connectivity index (χ4n) is 3.38. The van der Waals surface area contributed by atoms with Gasteiger partial charge in [-0.05, 0) is 57.4 Å². The summed E-state index contributed by atoms with van der Waals surface area (Å²) in [6.07, 6.45) is 0.710. The molecule has 126 valence electrons. The van der Waals surface area contributed by atoms with Crippen LogP contribution in [0.25, 0.3) is 0 Å². The maximum absolute atomic E-state index is 12.6. The highest BCUT2D eigenvalue weighted by Gasteiger charge is 2.49. The lowest BCUT2D eigenvalue weighted by Crippen LogP contribution is -2.49. The summed E-state index contributed by atoms with van der Waals surface area (Å²) in [6, 6.07) is 7.39. The van der Waals surface area contributed by atoms with E-state index in [1.54, 1.807) is 23.1 Å². The molecule has 2 aliphatic rings. The molecule has 6 nitrogen and oxygen atoms in total. The van der Waals surface area contributed by atoms with Gasteiger partial charge in [0.2, 0.25) is 5.91 Å².